The Morgan fingerprint density at radius 1 is 1.29 bits per heavy atom. The van der Waals surface area contributed by atoms with Gasteiger partial charge < -0.3 is 10.2 Å². The molecular weight excluding hydrogens is 212 g/mol. The first kappa shape index (κ1) is 14.5. The maximum atomic E-state index is 12.4. The number of amides is 1. The predicted molar refractivity (Wildman–Crippen MR) is 71.9 cm³/mol. The third-order valence-electron chi connectivity index (χ3n) is 3.85. The van der Waals surface area contributed by atoms with Crippen molar-refractivity contribution in [3.8, 4) is 0 Å². The second-order valence-electron chi connectivity index (χ2n) is 6.76. The summed E-state index contributed by atoms with van der Waals surface area (Å²) in [5.41, 5.74) is -0.126. The van der Waals surface area contributed by atoms with Gasteiger partial charge in [-0.2, -0.15) is 0 Å². The molecule has 0 saturated carbocycles. The van der Waals surface area contributed by atoms with Gasteiger partial charge in [0.05, 0.1) is 5.54 Å². The van der Waals surface area contributed by atoms with Crippen LogP contribution < -0.4 is 5.32 Å². The van der Waals surface area contributed by atoms with Crippen molar-refractivity contribution in [1.29, 1.82) is 0 Å². The number of carbonyl (C=O) groups is 1. The number of carbonyl (C=O) groups excluding carboxylic acids is 1. The lowest BCUT2D eigenvalue weighted by molar-refractivity contribution is -0.136. The standard InChI is InChI=1S/C14H28N2O/c1-7-15-14(5,6)12(17)16-9-8-11(10-16)13(2,3)4/h11,15H,7-10H2,1-6H3. The number of nitrogens with one attached hydrogen (secondary N) is 1. The predicted octanol–water partition coefficient (Wildman–Crippen LogP) is 2.27. The van der Waals surface area contributed by atoms with E-state index in [1.54, 1.807) is 0 Å². The van der Waals surface area contributed by atoms with Crippen LogP contribution in [0, 0.1) is 11.3 Å². The van der Waals surface area contributed by atoms with E-state index in [0.717, 1.165) is 26.1 Å². The van der Waals surface area contributed by atoms with Crippen molar-refractivity contribution in [2.45, 2.75) is 53.5 Å². The molecule has 0 aromatic heterocycles. The molecule has 1 amide bonds. The molecule has 0 aliphatic carbocycles. The topological polar surface area (TPSA) is 32.3 Å². The molecular formula is C14H28N2O. The van der Waals surface area contributed by atoms with Gasteiger partial charge in [0.25, 0.3) is 0 Å². The van der Waals surface area contributed by atoms with E-state index in [9.17, 15) is 4.79 Å². The molecule has 1 saturated heterocycles. The van der Waals surface area contributed by atoms with Crippen LogP contribution in [0.3, 0.4) is 0 Å². The molecule has 0 spiro atoms. The lowest BCUT2D eigenvalue weighted by atomic mass is 9.80. The van der Waals surface area contributed by atoms with Crippen LogP contribution in [0.4, 0.5) is 0 Å². The molecule has 1 heterocycles. The van der Waals surface area contributed by atoms with E-state index < -0.39 is 5.54 Å². The van der Waals surface area contributed by atoms with Crippen molar-refractivity contribution >= 4 is 5.91 Å². The van der Waals surface area contributed by atoms with Crippen molar-refractivity contribution in [3.63, 3.8) is 0 Å². The molecule has 0 bridgehead atoms. The van der Waals surface area contributed by atoms with Gasteiger partial charge in [-0.05, 0) is 38.1 Å². The van der Waals surface area contributed by atoms with Crippen LogP contribution in [0.15, 0.2) is 0 Å². The van der Waals surface area contributed by atoms with Gasteiger partial charge in [0.2, 0.25) is 5.91 Å². The number of nitrogens with zero attached hydrogens (tertiary/aromatic N) is 1. The van der Waals surface area contributed by atoms with Crippen LogP contribution in [-0.4, -0.2) is 36.0 Å². The monoisotopic (exact) mass is 240 g/mol. The minimum Gasteiger partial charge on any atom is -0.341 e. The number of hydrogen-bond donors (Lipinski definition) is 1. The van der Waals surface area contributed by atoms with Crippen molar-refractivity contribution < 1.29 is 4.79 Å². The lowest BCUT2D eigenvalue weighted by Gasteiger charge is -2.31. The van der Waals surface area contributed by atoms with E-state index in [1.165, 1.54) is 0 Å². The lowest BCUT2D eigenvalue weighted by Crippen LogP contribution is -2.53. The minimum absolute atomic E-state index is 0.242. The normalized spacial score (nSPS) is 22.0. The third-order valence-corrected chi connectivity index (χ3v) is 3.85. The number of likely N-dealkylation sites (tertiary alicyclic amines) is 1. The first-order valence-electron chi connectivity index (χ1n) is 6.73. The number of likely N-dealkylation sites (N-methyl/N-ethyl adjacent to an activating group) is 1. The fourth-order valence-corrected chi connectivity index (χ4v) is 2.56. The van der Waals surface area contributed by atoms with Crippen molar-refractivity contribution in [2.75, 3.05) is 19.6 Å². The average Bonchev–Trinajstić information content (AvgIpc) is 2.64. The summed E-state index contributed by atoms with van der Waals surface area (Å²) < 4.78 is 0. The number of hydrogen-bond acceptors (Lipinski definition) is 2. The van der Waals surface area contributed by atoms with Gasteiger partial charge in [-0.1, -0.05) is 27.7 Å². The van der Waals surface area contributed by atoms with Gasteiger partial charge >= 0.3 is 0 Å². The fraction of sp³-hybridized carbons (Fsp3) is 0.929. The SMILES string of the molecule is CCNC(C)(C)C(=O)N1CCC(C(C)(C)C)C1. The van der Waals surface area contributed by atoms with Gasteiger partial charge in [0.1, 0.15) is 0 Å². The molecule has 1 unspecified atom stereocenters. The van der Waals surface area contributed by atoms with Crippen LogP contribution in [0.2, 0.25) is 0 Å². The summed E-state index contributed by atoms with van der Waals surface area (Å²) >= 11 is 0. The van der Waals surface area contributed by atoms with E-state index in [-0.39, 0.29) is 5.91 Å². The Kier molecular flexibility index (Phi) is 4.23. The highest BCUT2D eigenvalue weighted by atomic mass is 16.2. The van der Waals surface area contributed by atoms with E-state index >= 15 is 0 Å². The fourth-order valence-electron chi connectivity index (χ4n) is 2.56. The van der Waals surface area contributed by atoms with E-state index in [2.05, 4.69) is 26.1 Å². The van der Waals surface area contributed by atoms with Crippen molar-refractivity contribution in [2.24, 2.45) is 11.3 Å². The third kappa shape index (κ3) is 3.44. The highest BCUT2D eigenvalue weighted by Gasteiger charge is 2.38. The van der Waals surface area contributed by atoms with E-state index in [1.807, 2.05) is 25.7 Å². The Balaban J connectivity index is 2.63. The summed E-state index contributed by atoms with van der Waals surface area (Å²) in [6.45, 7) is 15.4. The van der Waals surface area contributed by atoms with Crippen molar-refractivity contribution in [3.05, 3.63) is 0 Å². The van der Waals surface area contributed by atoms with Crippen LogP contribution in [0.25, 0.3) is 0 Å². The highest BCUT2D eigenvalue weighted by Crippen LogP contribution is 2.34. The second-order valence-corrected chi connectivity index (χ2v) is 6.76. The molecule has 1 atom stereocenters. The molecule has 3 nitrogen and oxygen atoms in total. The second kappa shape index (κ2) is 4.97. The molecule has 1 rings (SSSR count). The quantitative estimate of drug-likeness (QED) is 0.821. The molecule has 1 fully saturated rings. The molecule has 100 valence electrons. The van der Waals surface area contributed by atoms with Gasteiger partial charge in [-0.15, -0.1) is 0 Å². The molecule has 1 aliphatic heterocycles. The molecule has 1 N–H and O–H groups in total. The molecule has 0 aromatic carbocycles. The van der Waals surface area contributed by atoms with Crippen LogP contribution in [0.5, 0.6) is 0 Å². The average molecular weight is 240 g/mol. The molecule has 0 aromatic rings. The molecule has 17 heavy (non-hydrogen) atoms. The van der Waals surface area contributed by atoms with Gasteiger partial charge in [0.15, 0.2) is 0 Å². The van der Waals surface area contributed by atoms with Gasteiger partial charge in [0, 0.05) is 13.1 Å². The van der Waals surface area contributed by atoms with E-state index in [4.69, 9.17) is 0 Å². The van der Waals surface area contributed by atoms with E-state index in [0.29, 0.717) is 11.3 Å². The summed E-state index contributed by atoms with van der Waals surface area (Å²) in [6.07, 6.45) is 1.14. The zero-order chi connectivity index (χ0) is 13.3. The zero-order valence-corrected chi connectivity index (χ0v) is 12.3. The Bertz CT molecular complexity index is 278. The minimum atomic E-state index is -0.429. The Labute approximate surface area is 106 Å². The summed E-state index contributed by atoms with van der Waals surface area (Å²) in [7, 11) is 0. The smallest absolute Gasteiger partial charge is 0.242 e. The first-order chi connectivity index (χ1) is 7.68. The zero-order valence-electron chi connectivity index (χ0n) is 12.3. The van der Waals surface area contributed by atoms with Crippen LogP contribution >= 0.6 is 0 Å². The van der Waals surface area contributed by atoms with Crippen LogP contribution in [0.1, 0.15) is 48.0 Å². The van der Waals surface area contributed by atoms with Crippen LogP contribution in [-0.2, 0) is 4.79 Å². The molecule has 0 radical (unpaired) electrons. The van der Waals surface area contributed by atoms with Crippen molar-refractivity contribution in [1.82, 2.24) is 10.2 Å². The van der Waals surface area contributed by atoms with Gasteiger partial charge in [-0.25, -0.2) is 0 Å². The Morgan fingerprint density at radius 2 is 1.88 bits per heavy atom. The van der Waals surface area contributed by atoms with Gasteiger partial charge in [-0.3, -0.25) is 4.79 Å². The molecule has 1 aliphatic rings. The summed E-state index contributed by atoms with van der Waals surface area (Å²) in [5, 5.41) is 3.26. The maximum Gasteiger partial charge on any atom is 0.242 e. The maximum absolute atomic E-state index is 12.4. The number of rotatable bonds is 3. The molecule has 3 heteroatoms. The summed E-state index contributed by atoms with van der Waals surface area (Å²) in [6, 6.07) is 0. The Hall–Kier alpha value is -0.570. The highest BCUT2D eigenvalue weighted by molar-refractivity contribution is 5.85. The summed E-state index contributed by atoms with van der Waals surface area (Å²) in [5.74, 6) is 0.870. The Morgan fingerprint density at radius 3 is 2.29 bits per heavy atom. The largest absolute Gasteiger partial charge is 0.341 e. The first-order valence-corrected chi connectivity index (χ1v) is 6.73. The summed E-state index contributed by atoms with van der Waals surface area (Å²) in [4.78, 5) is 14.4.